The molecule has 0 saturated heterocycles. The van der Waals surface area contributed by atoms with Gasteiger partial charge < -0.3 is 18.6 Å². The summed E-state index contributed by atoms with van der Waals surface area (Å²) in [7, 11) is 0. The predicted octanol–water partition coefficient (Wildman–Crippen LogP) is 19.4. The molecule has 1 aliphatic carbocycles. The highest BCUT2D eigenvalue weighted by Crippen LogP contribution is 2.60. The third kappa shape index (κ3) is 5.78. The first-order valence-corrected chi connectivity index (χ1v) is 25.6. The summed E-state index contributed by atoms with van der Waals surface area (Å²) in [6, 6.07) is 90.4. The first kappa shape index (κ1) is 40.5. The van der Waals surface area contributed by atoms with Crippen molar-refractivity contribution in [2.75, 3.05) is 4.90 Å². The van der Waals surface area contributed by atoms with Crippen LogP contribution < -0.4 is 14.4 Å². The molecule has 348 valence electrons. The number of hydrogen-bond donors (Lipinski definition) is 0. The van der Waals surface area contributed by atoms with Crippen molar-refractivity contribution in [3.05, 3.63) is 249 Å². The van der Waals surface area contributed by atoms with E-state index in [0.717, 1.165) is 79.0 Å². The third-order valence-electron chi connectivity index (χ3n) is 16.0. The Morgan fingerprint density at radius 2 is 0.733 bits per heavy atom. The normalized spacial score (nSPS) is 12.7. The Morgan fingerprint density at radius 3 is 1.41 bits per heavy atom. The van der Waals surface area contributed by atoms with Crippen LogP contribution in [0.4, 0.5) is 17.1 Å². The molecule has 12 aromatic carbocycles. The summed E-state index contributed by atoms with van der Waals surface area (Å²) in [5.74, 6) is 3.10. The van der Waals surface area contributed by atoms with Gasteiger partial charge in [-0.3, -0.25) is 4.90 Å². The fraction of sp³-hybridized carbons (Fsp3) is 0. The second-order valence-corrected chi connectivity index (χ2v) is 20.0. The number of nitrogens with zero attached hydrogens (tertiary/aromatic N) is 3. The highest BCUT2D eigenvalue weighted by Gasteiger charge is 2.35. The number of aromatic nitrogens is 2. The molecule has 0 amide bonds. The summed E-state index contributed by atoms with van der Waals surface area (Å²) >= 11 is 0. The SMILES string of the molecule is c1ccc(-c2ccc3c(c2)c2cc(-c4ccc5c(c4)c4ccccc4n5-c4cccc(-c5ccc6c7c(cccc57)-c5ccccc5-6)c4)ccc2n3-c2cc3c4c(c2)Oc2ccccc2N4c2ccccc2O3)cc1. The van der Waals surface area contributed by atoms with Crippen LogP contribution >= 0.6 is 0 Å². The Labute approximate surface area is 431 Å². The van der Waals surface area contributed by atoms with E-state index in [1.807, 2.05) is 24.3 Å². The van der Waals surface area contributed by atoms with E-state index in [2.05, 4.69) is 238 Å². The molecule has 75 heavy (non-hydrogen) atoms. The zero-order valence-electron chi connectivity index (χ0n) is 40.3. The Kier molecular flexibility index (Phi) is 8.21. The number of hydrogen-bond acceptors (Lipinski definition) is 3. The minimum absolute atomic E-state index is 0.745. The molecule has 5 heteroatoms. The topological polar surface area (TPSA) is 31.6 Å². The van der Waals surface area contributed by atoms with Crippen molar-refractivity contribution in [3.8, 4) is 90.0 Å². The summed E-state index contributed by atoms with van der Waals surface area (Å²) in [6.45, 7) is 0. The molecule has 2 aliphatic heterocycles. The molecule has 0 saturated carbocycles. The van der Waals surface area contributed by atoms with Crippen LogP contribution in [0.15, 0.2) is 249 Å². The fourth-order valence-electron chi connectivity index (χ4n) is 12.7. The zero-order valence-corrected chi connectivity index (χ0v) is 40.3. The van der Waals surface area contributed by atoms with Gasteiger partial charge in [-0.05, 0) is 145 Å². The summed E-state index contributed by atoms with van der Waals surface area (Å²) < 4.78 is 18.4. The van der Waals surface area contributed by atoms with Gasteiger partial charge in [0.1, 0.15) is 5.69 Å². The van der Waals surface area contributed by atoms with E-state index < -0.39 is 0 Å². The highest BCUT2D eigenvalue weighted by molar-refractivity contribution is 6.19. The molecule has 5 nitrogen and oxygen atoms in total. The fourth-order valence-corrected chi connectivity index (χ4v) is 12.7. The molecular weight excluding hydrogens is 915 g/mol. The molecule has 0 bridgehead atoms. The zero-order chi connectivity index (χ0) is 48.9. The van der Waals surface area contributed by atoms with Gasteiger partial charge in [-0.1, -0.05) is 158 Å². The lowest BCUT2D eigenvalue weighted by molar-refractivity contribution is 0.445. The van der Waals surface area contributed by atoms with E-state index in [1.165, 1.54) is 82.5 Å². The second kappa shape index (κ2) is 15.2. The van der Waals surface area contributed by atoms with Crippen LogP contribution in [-0.4, -0.2) is 9.13 Å². The monoisotopic (exact) mass is 955 g/mol. The molecule has 0 spiro atoms. The van der Waals surface area contributed by atoms with Crippen molar-refractivity contribution < 1.29 is 9.47 Å². The van der Waals surface area contributed by atoms with Crippen molar-refractivity contribution in [2.45, 2.75) is 0 Å². The quantitative estimate of drug-likeness (QED) is 0.172. The van der Waals surface area contributed by atoms with Crippen LogP contribution in [0.1, 0.15) is 0 Å². The van der Waals surface area contributed by atoms with Gasteiger partial charge in [-0.15, -0.1) is 0 Å². The third-order valence-corrected chi connectivity index (χ3v) is 16.0. The van der Waals surface area contributed by atoms with Crippen LogP contribution in [0.25, 0.3) is 121 Å². The van der Waals surface area contributed by atoms with Crippen molar-refractivity contribution >= 4 is 71.4 Å². The highest BCUT2D eigenvalue weighted by atomic mass is 16.5. The summed E-state index contributed by atoms with van der Waals surface area (Å²) in [4.78, 5) is 2.27. The molecule has 0 fully saturated rings. The maximum absolute atomic E-state index is 6.78. The second-order valence-electron chi connectivity index (χ2n) is 20.0. The molecule has 0 radical (unpaired) electrons. The summed E-state index contributed by atoms with van der Waals surface area (Å²) in [5.41, 5.74) is 21.9. The van der Waals surface area contributed by atoms with Crippen LogP contribution in [-0.2, 0) is 0 Å². The van der Waals surface area contributed by atoms with Crippen LogP contribution in [0, 0.1) is 0 Å². The van der Waals surface area contributed by atoms with Crippen molar-refractivity contribution in [2.24, 2.45) is 0 Å². The van der Waals surface area contributed by atoms with E-state index in [0.29, 0.717) is 0 Å². The van der Waals surface area contributed by atoms with Gasteiger partial charge >= 0.3 is 0 Å². The maximum atomic E-state index is 6.78. The first-order chi connectivity index (χ1) is 37.2. The van der Waals surface area contributed by atoms with E-state index in [4.69, 9.17) is 9.47 Å². The lowest BCUT2D eigenvalue weighted by Crippen LogP contribution is -2.20. The van der Waals surface area contributed by atoms with E-state index in [-0.39, 0.29) is 0 Å². The molecule has 3 aliphatic rings. The van der Waals surface area contributed by atoms with Crippen molar-refractivity contribution in [1.29, 1.82) is 0 Å². The Hall–Kier alpha value is -10.1. The first-order valence-electron chi connectivity index (χ1n) is 25.6. The number of benzene rings is 12. The Morgan fingerprint density at radius 1 is 0.253 bits per heavy atom. The van der Waals surface area contributed by atoms with Gasteiger partial charge in [-0.2, -0.15) is 0 Å². The smallest absolute Gasteiger partial charge is 0.157 e. The molecule has 0 N–H and O–H groups in total. The average molecular weight is 956 g/mol. The van der Waals surface area contributed by atoms with Gasteiger partial charge in [0, 0.05) is 39.4 Å². The van der Waals surface area contributed by atoms with E-state index >= 15 is 0 Å². The summed E-state index contributed by atoms with van der Waals surface area (Å²) in [5, 5.41) is 7.39. The van der Waals surface area contributed by atoms with Crippen molar-refractivity contribution in [3.63, 3.8) is 0 Å². The lowest BCUT2D eigenvalue weighted by Gasteiger charge is -2.38. The number of ether oxygens (including phenoxy) is 2. The number of anilines is 3. The maximum Gasteiger partial charge on any atom is 0.157 e. The van der Waals surface area contributed by atoms with Gasteiger partial charge in [-0.25, -0.2) is 0 Å². The molecule has 0 atom stereocenters. The largest absolute Gasteiger partial charge is 0.453 e. The van der Waals surface area contributed by atoms with E-state index in [1.54, 1.807) is 0 Å². The molecule has 17 rings (SSSR count). The van der Waals surface area contributed by atoms with Crippen LogP contribution in [0.3, 0.4) is 0 Å². The number of para-hydroxylation sites is 5. The standard InChI is InChI=1S/C70H41N3O2/c1-2-14-42(15-3-1)43-28-33-61-57(37-43)58-39-45(30-35-62(58)72(61)48-40-67-70-68(41-48)75-66-27-11-9-25-64(66)73(70)63-24-8-10-26-65(63)74-67)44-29-34-60-56(38-44)52-20-6-7-23-59(52)71(60)47-17-12-16-46(36-47)49-31-32-55-51-19-5-4-18-50(51)54-22-13-21-53(49)69(54)55/h1-41H. The van der Waals surface area contributed by atoms with Gasteiger partial charge in [0.2, 0.25) is 0 Å². The molecule has 2 aromatic heterocycles. The van der Waals surface area contributed by atoms with Gasteiger partial charge in [0.25, 0.3) is 0 Å². The Balaban J connectivity index is 0.816. The average Bonchev–Trinajstić information content (AvgIpc) is 4.11. The number of fused-ring (bicyclic) bond motifs is 13. The number of rotatable bonds is 5. The van der Waals surface area contributed by atoms with E-state index in [9.17, 15) is 0 Å². The van der Waals surface area contributed by atoms with Gasteiger partial charge in [0.05, 0.1) is 39.1 Å². The minimum Gasteiger partial charge on any atom is -0.453 e. The molecule has 4 heterocycles. The lowest BCUT2D eigenvalue weighted by atomic mass is 9.94. The molecular formula is C70H41N3O2. The van der Waals surface area contributed by atoms with Crippen LogP contribution in [0.2, 0.25) is 0 Å². The minimum atomic E-state index is 0.745. The van der Waals surface area contributed by atoms with Crippen LogP contribution in [0.5, 0.6) is 23.0 Å². The van der Waals surface area contributed by atoms with Crippen molar-refractivity contribution in [1.82, 2.24) is 9.13 Å². The Bertz CT molecular complexity index is 4690. The molecule has 0 unspecified atom stereocenters. The predicted molar refractivity (Wildman–Crippen MR) is 308 cm³/mol. The molecule has 14 aromatic rings. The van der Waals surface area contributed by atoms with Gasteiger partial charge in [0.15, 0.2) is 23.0 Å². The summed E-state index contributed by atoms with van der Waals surface area (Å²) in [6.07, 6.45) is 0.